The normalized spacial score (nSPS) is 13.3. The van der Waals surface area contributed by atoms with Crippen LogP contribution in [-0.2, 0) is 4.74 Å². The minimum atomic E-state index is -0.0883. The van der Waals surface area contributed by atoms with E-state index in [1.165, 1.54) is 5.56 Å². The van der Waals surface area contributed by atoms with Crippen LogP contribution in [0.3, 0.4) is 0 Å². The van der Waals surface area contributed by atoms with Crippen molar-refractivity contribution in [2.75, 3.05) is 13.7 Å². The van der Waals surface area contributed by atoms with Gasteiger partial charge in [-0.25, -0.2) is 0 Å². The fourth-order valence-electron chi connectivity index (χ4n) is 1.81. The monoisotopic (exact) mass is 265 g/mol. The highest BCUT2D eigenvalue weighted by Gasteiger charge is 2.17. The number of rotatable bonds is 8. The fourth-order valence-corrected chi connectivity index (χ4v) is 1.81. The van der Waals surface area contributed by atoms with Gasteiger partial charge in [0.15, 0.2) is 0 Å². The van der Waals surface area contributed by atoms with E-state index in [1.54, 1.807) is 7.11 Å². The maximum Gasteiger partial charge on any atom is 0.119 e. The molecule has 0 aromatic heterocycles. The Kier molecular flexibility index (Phi) is 6.32. The summed E-state index contributed by atoms with van der Waals surface area (Å²) in [6.45, 7) is 6.90. The molecule has 1 aromatic rings. The Balaban J connectivity index is 2.22. The van der Waals surface area contributed by atoms with Crippen LogP contribution in [0.2, 0.25) is 0 Å². The summed E-state index contributed by atoms with van der Waals surface area (Å²) in [6.07, 6.45) is 2.79. The third kappa shape index (κ3) is 6.60. The summed E-state index contributed by atoms with van der Waals surface area (Å²) in [5.41, 5.74) is 7.22. The predicted octanol–water partition coefficient (Wildman–Crippen LogP) is 3.30. The van der Waals surface area contributed by atoms with Gasteiger partial charge in [-0.2, -0.15) is 0 Å². The quantitative estimate of drug-likeness (QED) is 0.784. The Morgan fingerprint density at radius 3 is 2.63 bits per heavy atom. The first-order valence-corrected chi connectivity index (χ1v) is 6.93. The number of hydrogen-bond acceptors (Lipinski definition) is 3. The van der Waals surface area contributed by atoms with Gasteiger partial charge in [0.05, 0.1) is 12.2 Å². The van der Waals surface area contributed by atoms with Gasteiger partial charge in [-0.1, -0.05) is 12.1 Å². The van der Waals surface area contributed by atoms with Gasteiger partial charge in [-0.3, -0.25) is 0 Å². The standard InChI is InChI=1S/C16H27NO2/c1-13-6-5-7-15(12-13)19-11-9-14(17)8-10-16(2,3)18-4/h5-7,12,14H,8-11,17H2,1-4H3. The second kappa shape index (κ2) is 7.51. The van der Waals surface area contributed by atoms with Crippen molar-refractivity contribution in [1.29, 1.82) is 0 Å². The Bertz CT molecular complexity index is 377. The summed E-state index contributed by atoms with van der Waals surface area (Å²) >= 11 is 0. The van der Waals surface area contributed by atoms with Crippen molar-refractivity contribution in [1.82, 2.24) is 0 Å². The van der Waals surface area contributed by atoms with E-state index in [-0.39, 0.29) is 11.6 Å². The number of nitrogens with two attached hydrogens (primary N) is 1. The van der Waals surface area contributed by atoms with Gasteiger partial charge in [0.25, 0.3) is 0 Å². The highest BCUT2D eigenvalue weighted by Crippen LogP contribution is 2.17. The topological polar surface area (TPSA) is 44.5 Å². The summed E-state index contributed by atoms with van der Waals surface area (Å²) in [5.74, 6) is 0.921. The molecule has 1 atom stereocenters. The van der Waals surface area contributed by atoms with Crippen LogP contribution in [0.1, 0.15) is 38.7 Å². The van der Waals surface area contributed by atoms with E-state index in [2.05, 4.69) is 26.8 Å². The van der Waals surface area contributed by atoms with Crippen LogP contribution in [0.25, 0.3) is 0 Å². The SMILES string of the molecule is COC(C)(C)CCC(N)CCOc1cccc(C)c1. The first kappa shape index (κ1) is 16.0. The molecular weight excluding hydrogens is 238 g/mol. The van der Waals surface area contributed by atoms with Crippen molar-refractivity contribution in [3.05, 3.63) is 29.8 Å². The van der Waals surface area contributed by atoms with Gasteiger partial charge in [-0.15, -0.1) is 0 Å². The van der Waals surface area contributed by atoms with Gasteiger partial charge in [0.2, 0.25) is 0 Å². The zero-order valence-electron chi connectivity index (χ0n) is 12.6. The van der Waals surface area contributed by atoms with Crippen molar-refractivity contribution < 1.29 is 9.47 Å². The second-order valence-electron chi connectivity index (χ2n) is 5.72. The highest BCUT2D eigenvalue weighted by molar-refractivity contribution is 5.27. The smallest absolute Gasteiger partial charge is 0.119 e. The molecule has 1 unspecified atom stereocenters. The molecule has 0 aliphatic carbocycles. The number of aryl methyl sites for hydroxylation is 1. The van der Waals surface area contributed by atoms with E-state index < -0.39 is 0 Å². The molecule has 0 heterocycles. The molecule has 3 nitrogen and oxygen atoms in total. The second-order valence-corrected chi connectivity index (χ2v) is 5.72. The predicted molar refractivity (Wildman–Crippen MR) is 79.6 cm³/mol. The van der Waals surface area contributed by atoms with E-state index >= 15 is 0 Å². The molecule has 0 amide bonds. The maximum atomic E-state index is 6.09. The van der Waals surface area contributed by atoms with Crippen molar-refractivity contribution in [3.8, 4) is 5.75 Å². The number of benzene rings is 1. The highest BCUT2D eigenvalue weighted by atomic mass is 16.5. The first-order chi connectivity index (χ1) is 8.93. The molecular formula is C16H27NO2. The molecule has 0 aliphatic heterocycles. The molecule has 0 saturated carbocycles. The van der Waals surface area contributed by atoms with E-state index in [9.17, 15) is 0 Å². The van der Waals surface area contributed by atoms with Crippen molar-refractivity contribution in [3.63, 3.8) is 0 Å². The number of ether oxygens (including phenoxy) is 2. The van der Waals surface area contributed by atoms with Gasteiger partial charge in [0.1, 0.15) is 5.75 Å². The number of methoxy groups -OCH3 is 1. The Morgan fingerprint density at radius 1 is 1.26 bits per heavy atom. The van der Waals surface area contributed by atoms with Crippen LogP contribution in [0, 0.1) is 6.92 Å². The largest absolute Gasteiger partial charge is 0.494 e. The summed E-state index contributed by atoms with van der Waals surface area (Å²) in [7, 11) is 1.74. The van der Waals surface area contributed by atoms with Crippen molar-refractivity contribution >= 4 is 0 Å². The van der Waals surface area contributed by atoms with Gasteiger partial charge in [-0.05, 0) is 57.7 Å². The van der Waals surface area contributed by atoms with E-state index in [0.717, 1.165) is 25.0 Å². The molecule has 108 valence electrons. The molecule has 2 N–H and O–H groups in total. The minimum absolute atomic E-state index is 0.0883. The van der Waals surface area contributed by atoms with Gasteiger partial charge in [0, 0.05) is 13.2 Å². The molecule has 3 heteroatoms. The summed E-state index contributed by atoms with van der Waals surface area (Å²) in [4.78, 5) is 0. The number of hydrogen-bond donors (Lipinski definition) is 1. The van der Waals surface area contributed by atoms with Crippen LogP contribution in [-0.4, -0.2) is 25.4 Å². The fraction of sp³-hybridized carbons (Fsp3) is 0.625. The molecule has 0 radical (unpaired) electrons. The average Bonchev–Trinajstić information content (AvgIpc) is 2.37. The van der Waals surface area contributed by atoms with E-state index in [1.807, 2.05) is 18.2 Å². The molecule has 1 rings (SSSR count). The molecule has 0 aliphatic rings. The molecule has 19 heavy (non-hydrogen) atoms. The maximum absolute atomic E-state index is 6.09. The van der Waals surface area contributed by atoms with Crippen LogP contribution in [0.15, 0.2) is 24.3 Å². The first-order valence-electron chi connectivity index (χ1n) is 6.93. The van der Waals surface area contributed by atoms with Crippen LogP contribution in [0.5, 0.6) is 5.75 Å². The van der Waals surface area contributed by atoms with Crippen LogP contribution in [0.4, 0.5) is 0 Å². The van der Waals surface area contributed by atoms with E-state index in [0.29, 0.717) is 6.61 Å². The van der Waals surface area contributed by atoms with Crippen molar-refractivity contribution in [2.24, 2.45) is 5.73 Å². The average molecular weight is 265 g/mol. The molecule has 0 fully saturated rings. The Morgan fingerprint density at radius 2 is 2.00 bits per heavy atom. The molecule has 0 spiro atoms. The third-order valence-electron chi connectivity index (χ3n) is 3.42. The van der Waals surface area contributed by atoms with Crippen LogP contribution < -0.4 is 10.5 Å². The van der Waals surface area contributed by atoms with E-state index in [4.69, 9.17) is 15.2 Å². The molecule has 0 saturated heterocycles. The minimum Gasteiger partial charge on any atom is -0.494 e. The zero-order chi connectivity index (χ0) is 14.3. The molecule has 0 bridgehead atoms. The van der Waals surface area contributed by atoms with Crippen molar-refractivity contribution in [2.45, 2.75) is 51.7 Å². The summed E-state index contributed by atoms with van der Waals surface area (Å²) in [6, 6.07) is 8.25. The van der Waals surface area contributed by atoms with Gasteiger partial charge < -0.3 is 15.2 Å². The summed E-state index contributed by atoms with van der Waals surface area (Å²) in [5, 5.41) is 0. The Labute approximate surface area is 117 Å². The zero-order valence-corrected chi connectivity index (χ0v) is 12.6. The van der Waals surface area contributed by atoms with Crippen LogP contribution >= 0.6 is 0 Å². The summed E-state index contributed by atoms with van der Waals surface area (Å²) < 4.78 is 11.1. The lowest BCUT2D eigenvalue weighted by atomic mass is 9.98. The Hall–Kier alpha value is -1.06. The lowest BCUT2D eigenvalue weighted by Gasteiger charge is -2.24. The lowest BCUT2D eigenvalue weighted by Crippen LogP contribution is -2.29. The van der Waals surface area contributed by atoms with Gasteiger partial charge >= 0.3 is 0 Å². The molecule has 1 aromatic carbocycles. The lowest BCUT2D eigenvalue weighted by molar-refractivity contribution is 0.0121. The third-order valence-corrected chi connectivity index (χ3v) is 3.42.